The molecule has 2 aliphatic heterocycles. The summed E-state index contributed by atoms with van der Waals surface area (Å²) in [5, 5.41) is 0. The molecule has 4 nitrogen and oxygen atoms in total. The van der Waals surface area contributed by atoms with Crippen LogP contribution in [-0.2, 0) is 4.79 Å². The van der Waals surface area contributed by atoms with Crippen molar-refractivity contribution in [1.29, 1.82) is 0 Å². The number of nitrogens with zero attached hydrogens (tertiary/aromatic N) is 2. The van der Waals surface area contributed by atoms with Crippen LogP contribution < -0.4 is 15.5 Å². The van der Waals surface area contributed by atoms with Gasteiger partial charge in [-0.3, -0.25) is 4.79 Å². The Kier molecular flexibility index (Phi) is 3.14. The molecule has 0 saturated carbocycles. The lowest BCUT2D eigenvalue weighted by atomic mass is 10.2. The average molecular weight is 263 g/mol. The van der Waals surface area contributed by atoms with Gasteiger partial charge in [-0.2, -0.15) is 0 Å². The Morgan fingerprint density at radius 2 is 2.00 bits per heavy atom. The third kappa shape index (κ3) is 2.30. The molecular formula is C14H18FN3O. The van der Waals surface area contributed by atoms with Gasteiger partial charge < -0.3 is 15.5 Å². The molecule has 1 atom stereocenters. The van der Waals surface area contributed by atoms with Crippen LogP contribution in [0, 0.1) is 5.82 Å². The Labute approximate surface area is 112 Å². The first-order valence-corrected chi connectivity index (χ1v) is 6.75. The van der Waals surface area contributed by atoms with Gasteiger partial charge in [-0.25, -0.2) is 4.39 Å². The van der Waals surface area contributed by atoms with Crippen LogP contribution in [0.4, 0.5) is 15.8 Å². The molecule has 5 heteroatoms. The van der Waals surface area contributed by atoms with Gasteiger partial charge in [0.1, 0.15) is 5.82 Å². The number of carbonyl (C=O) groups is 1. The highest BCUT2D eigenvalue weighted by molar-refractivity contribution is 5.96. The van der Waals surface area contributed by atoms with Gasteiger partial charge in [-0.15, -0.1) is 0 Å². The molecule has 1 amide bonds. The van der Waals surface area contributed by atoms with Crippen LogP contribution in [0.1, 0.15) is 19.3 Å². The number of rotatable bonds is 2. The van der Waals surface area contributed by atoms with Crippen molar-refractivity contribution in [1.82, 2.24) is 0 Å². The predicted molar refractivity (Wildman–Crippen MR) is 72.8 cm³/mol. The van der Waals surface area contributed by atoms with E-state index in [9.17, 15) is 9.18 Å². The van der Waals surface area contributed by atoms with Crippen molar-refractivity contribution in [3.05, 3.63) is 24.0 Å². The van der Waals surface area contributed by atoms with Gasteiger partial charge in [-0.05, 0) is 31.0 Å². The van der Waals surface area contributed by atoms with Gasteiger partial charge in [0.25, 0.3) is 0 Å². The van der Waals surface area contributed by atoms with E-state index in [1.165, 1.54) is 6.07 Å². The molecule has 0 radical (unpaired) electrons. The molecule has 2 fully saturated rings. The number of benzene rings is 1. The fourth-order valence-electron chi connectivity index (χ4n) is 2.86. The Bertz CT molecular complexity index is 499. The van der Waals surface area contributed by atoms with Crippen LogP contribution >= 0.6 is 0 Å². The lowest BCUT2D eigenvalue weighted by Crippen LogP contribution is -2.28. The number of carbonyl (C=O) groups excluding carboxylic acids is 1. The van der Waals surface area contributed by atoms with Gasteiger partial charge >= 0.3 is 0 Å². The zero-order valence-electron chi connectivity index (χ0n) is 10.8. The summed E-state index contributed by atoms with van der Waals surface area (Å²) < 4.78 is 14.2. The Hall–Kier alpha value is -1.62. The number of anilines is 2. The fraction of sp³-hybridized carbons (Fsp3) is 0.500. The zero-order valence-corrected chi connectivity index (χ0v) is 10.8. The van der Waals surface area contributed by atoms with Crippen LogP contribution in [0.25, 0.3) is 0 Å². The van der Waals surface area contributed by atoms with Crippen molar-refractivity contribution in [3.8, 4) is 0 Å². The smallest absolute Gasteiger partial charge is 0.228 e. The highest BCUT2D eigenvalue weighted by Gasteiger charge is 2.28. The van der Waals surface area contributed by atoms with E-state index in [1.54, 1.807) is 11.0 Å². The second kappa shape index (κ2) is 4.81. The Morgan fingerprint density at radius 1 is 1.26 bits per heavy atom. The molecular weight excluding hydrogens is 245 g/mol. The third-order valence-electron chi connectivity index (χ3n) is 3.84. The summed E-state index contributed by atoms with van der Waals surface area (Å²) in [5.41, 5.74) is 7.00. The minimum atomic E-state index is -0.257. The topological polar surface area (TPSA) is 49.6 Å². The minimum Gasteiger partial charge on any atom is -0.369 e. The van der Waals surface area contributed by atoms with E-state index in [4.69, 9.17) is 5.73 Å². The first-order valence-electron chi connectivity index (χ1n) is 6.75. The molecule has 0 aliphatic carbocycles. The van der Waals surface area contributed by atoms with Gasteiger partial charge in [0.2, 0.25) is 5.91 Å². The van der Waals surface area contributed by atoms with Crippen LogP contribution in [-0.4, -0.2) is 31.6 Å². The number of hydrogen-bond acceptors (Lipinski definition) is 3. The number of hydrogen-bond donors (Lipinski definition) is 1. The average Bonchev–Trinajstić information content (AvgIpc) is 2.99. The third-order valence-corrected chi connectivity index (χ3v) is 3.84. The summed E-state index contributed by atoms with van der Waals surface area (Å²) in [5.74, 6) is -0.284. The van der Waals surface area contributed by atoms with Gasteiger partial charge in [0.05, 0.1) is 5.69 Å². The second-order valence-electron chi connectivity index (χ2n) is 5.30. The number of nitrogens with two attached hydrogens (primary N) is 1. The SMILES string of the molecule is NC1CC(=O)N(c2ccc(N3CCCC3)c(F)c2)C1. The molecule has 1 aromatic rings. The van der Waals surface area contributed by atoms with Crippen molar-refractivity contribution in [2.45, 2.75) is 25.3 Å². The molecule has 2 N–H and O–H groups in total. The van der Waals surface area contributed by atoms with Crippen LogP contribution in [0.2, 0.25) is 0 Å². The first-order chi connectivity index (χ1) is 9.15. The van der Waals surface area contributed by atoms with E-state index >= 15 is 0 Å². The molecule has 0 spiro atoms. The van der Waals surface area contributed by atoms with E-state index in [0.29, 0.717) is 24.3 Å². The normalized spacial score (nSPS) is 23.5. The summed E-state index contributed by atoms with van der Waals surface area (Å²) >= 11 is 0. The summed E-state index contributed by atoms with van der Waals surface area (Å²) in [4.78, 5) is 15.4. The lowest BCUT2D eigenvalue weighted by molar-refractivity contribution is -0.117. The summed E-state index contributed by atoms with van der Waals surface area (Å²) in [6, 6.07) is 4.89. The minimum absolute atomic E-state index is 0.0270. The molecule has 102 valence electrons. The maximum absolute atomic E-state index is 14.2. The van der Waals surface area contributed by atoms with Crippen molar-refractivity contribution in [3.63, 3.8) is 0 Å². The van der Waals surface area contributed by atoms with Crippen molar-refractivity contribution >= 4 is 17.3 Å². The number of halogens is 1. The fourth-order valence-corrected chi connectivity index (χ4v) is 2.86. The molecule has 2 heterocycles. The van der Waals surface area contributed by atoms with Crippen molar-refractivity contribution in [2.75, 3.05) is 29.4 Å². The summed E-state index contributed by atoms with van der Waals surface area (Å²) in [6.45, 7) is 2.29. The quantitative estimate of drug-likeness (QED) is 0.879. The molecule has 3 rings (SSSR count). The summed E-state index contributed by atoms with van der Waals surface area (Å²) in [6.07, 6.45) is 2.57. The molecule has 2 aliphatic rings. The maximum Gasteiger partial charge on any atom is 0.228 e. The van der Waals surface area contributed by atoms with Crippen molar-refractivity contribution in [2.24, 2.45) is 5.73 Å². The molecule has 0 aromatic heterocycles. The molecule has 0 bridgehead atoms. The highest BCUT2D eigenvalue weighted by atomic mass is 19.1. The monoisotopic (exact) mass is 263 g/mol. The van der Waals surface area contributed by atoms with E-state index < -0.39 is 0 Å². The molecule has 1 aromatic carbocycles. The first kappa shape index (κ1) is 12.4. The number of amides is 1. The van der Waals surface area contributed by atoms with E-state index in [-0.39, 0.29) is 17.8 Å². The molecule has 19 heavy (non-hydrogen) atoms. The highest BCUT2D eigenvalue weighted by Crippen LogP contribution is 2.29. The predicted octanol–water partition coefficient (Wildman–Crippen LogP) is 1.49. The van der Waals surface area contributed by atoms with E-state index in [0.717, 1.165) is 25.9 Å². The Morgan fingerprint density at radius 3 is 2.58 bits per heavy atom. The second-order valence-corrected chi connectivity index (χ2v) is 5.30. The zero-order chi connectivity index (χ0) is 13.4. The molecule has 2 saturated heterocycles. The lowest BCUT2D eigenvalue weighted by Gasteiger charge is -2.21. The van der Waals surface area contributed by atoms with E-state index in [2.05, 4.69) is 4.90 Å². The van der Waals surface area contributed by atoms with Crippen LogP contribution in [0.15, 0.2) is 18.2 Å². The molecule has 1 unspecified atom stereocenters. The van der Waals surface area contributed by atoms with Crippen molar-refractivity contribution < 1.29 is 9.18 Å². The Balaban J connectivity index is 1.85. The van der Waals surface area contributed by atoms with Gasteiger partial charge in [-0.1, -0.05) is 0 Å². The van der Waals surface area contributed by atoms with Crippen LogP contribution in [0.5, 0.6) is 0 Å². The maximum atomic E-state index is 14.2. The van der Waals surface area contributed by atoms with Gasteiger partial charge in [0.15, 0.2) is 0 Å². The standard InChI is InChI=1S/C14H18FN3O/c15-12-8-11(18-9-10(16)7-14(18)19)3-4-13(12)17-5-1-2-6-17/h3-4,8,10H,1-2,5-7,9,16H2. The summed E-state index contributed by atoms with van der Waals surface area (Å²) in [7, 11) is 0. The largest absolute Gasteiger partial charge is 0.369 e. The van der Waals surface area contributed by atoms with Gasteiger partial charge in [0, 0.05) is 37.8 Å². The van der Waals surface area contributed by atoms with E-state index in [1.807, 2.05) is 6.07 Å². The van der Waals surface area contributed by atoms with Crippen LogP contribution in [0.3, 0.4) is 0 Å².